The zero-order chi connectivity index (χ0) is 22.3. The minimum absolute atomic E-state index is 0.339. The van der Waals surface area contributed by atoms with Crippen molar-refractivity contribution in [1.29, 1.82) is 0 Å². The van der Waals surface area contributed by atoms with E-state index in [4.69, 9.17) is 5.73 Å². The summed E-state index contributed by atoms with van der Waals surface area (Å²) in [5.41, 5.74) is 7.28. The molecule has 1 aromatic carbocycles. The molecule has 2 aromatic rings. The average molecular weight is 441 g/mol. The maximum absolute atomic E-state index is 13.2. The van der Waals surface area contributed by atoms with Gasteiger partial charge in [-0.3, -0.25) is 19.3 Å². The van der Waals surface area contributed by atoms with Crippen LogP contribution in [0, 0.1) is 6.92 Å². The van der Waals surface area contributed by atoms with Gasteiger partial charge in [0.05, 0.1) is 5.56 Å². The van der Waals surface area contributed by atoms with Gasteiger partial charge in [-0.05, 0) is 43.7 Å². The normalized spacial score (nSPS) is 20.0. The fraction of sp³-hybridized carbons (Fsp3) is 0.364. The number of anilines is 1. The van der Waals surface area contributed by atoms with Gasteiger partial charge in [0.15, 0.2) is 0 Å². The van der Waals surface area contributed by atoms with Gasteiger partial charge in [0.2, 0.25) is 5.91 Å². The molecule has 1 aromatic heterocycles. The lowest BCUT2D eigenvalue weighted by Crippen LogP contribution is -2.44. The number of primary amides is 1. The van der Waals surface area contributed by atoms with E-state index in [2.05, 4.69) is 10.6 Å². The Morgan fingerprint density at radius 1 is 1.23 bits per heavy atom. The van der Waals surface area contributed by atoms with Crippen molar-refractivity contribution in [3.05, 3.63) is 51.4 Å². The van der Waals surface area contributed by atoms with Gasteiger partial charge in [-0.25, -0.2) is 4.79 Å². The highest BCUT2D eigenvalue weighted by Crippen LogP contribution is 2.39. The van der Waals surface area contributed by atoms with Gasteiger partial charge < -0.3 is 16.4 Å². The summed E-state index contributed by atoms with van der Waals surface area (Å²) in [7, 11) is 0. The second-order valence-electron chi connectivity index (χ2n) is 7.92. The monoisotopic (exact) mass is 440 g/mol. The summed E-state index contributed by atoms with van der Waals surface area (Å²) in [4.78, 5) is 52.4. The fourth-order valence-corrected chi connectivity index (χ4v) is 5.62. The highest BCUT2D eigenvalue weighted by Gasteiger charge is 2.51. The smallest absolute Gasteiger partial charge is 0.325 e. The third-order valence-corrected chi connectivity index (χ3v) is 7.18. The molecule has 2 heterocycles. The van der Waals surface area contributed by atoms with Gasteiger partial charge >= 0.3 is 6.03 Å². The van der Waals surface area contributed by atoms with Crippen LogP contribution in [0.1, 0.15) is 51.7 Å². The molecule has 8 nitrogen and oxygen atoms in total. The zero-order valence-electron chi connectivity index (χ0n) is 17.4. The molecule has 1 atom stereocenters. The van der Waals surface area contributed by atoms with Gasteiger partial charge in [-0.2, -0.15) is 0 Å². The number of amides is 5. The number of carbonyl (C=O) groups excluding carboxylic acids is 4. The molecule has 0 spiro atoms. The molecule has 1 aliphatic carbocycles. The standard InChI is InChI=1S/C22H24N4O4S/c1-3-22(13-9-7-12(2)8-10-13)20(29)26(21(30)25-22)11-16(27)24-19-17(18(23)28)14-5-4-6-15(14)31-19/h7-10H,3-6,11H2,1-2H3,(H2,23,28)(H,24,27)(H,25,30)/t22-/m0/s1. The number of benzene rings is 1. The lowest BCUT2D eigenvalue weighted by Gasteiger charge is -2.25. The van der Waals surface area contributed by atoms with Crippen LogP contribution in [-0.4, -0.2) is 35.2 Å². The van der Waals surface area contributed by atoms with E-state index in [1.807, 2.05) is 38.1 Å². The highest BCUT2D eigenvalue weighted by atomic mass is 32.1. The van der Waals surface area contributed by atoms with Crippen molar-refractivity contribution in [1.82, 2.24) is 10.2 Å². The summed E-state index contributed by atoms with van der Waals surface area (Å²) in [5, 5.41) is 5.84. The number of imide groups is 1. The van der Waals surface area contributed by atoms with Gasteiger partial charge in [0.1, 0.15) is 17.1 Å². The summed E-state index contributed by atoms with van der Waals surface area (Å²) in [6, 6.07) is 6.76. The van der Waals surface area contributed by atoms with E-state index in [9.17, 15) is 19.2 Å². The number of hydrogen-bond acceptors (Lipinski definition) is 5. The Morgan fingerprint density at radius 3 is 2.58 bits per heavy atom. The quantitative estimate of drug-likeness (QED) is 0.597. The van der Waals surface area contributed by atoms with E-state index in [0.717, 1.165) is 40.2 Å². The first-order valence-electron chi connectivity index (χ1n) is 10.2. The van der Waals surface area contributed by atoms with Gasteiger partial charge in [0, 0.05) is 4.88 Å². The molecule has 0 unspecified atom stereocenters. The second kappa shape index (κ2) is 7.81. The number of carbonyl (C=O) groups is 4. The number of urea groups is 1. The van der Waals surface area contributed by atoms with Crippen LogP contribution in [0.3, 0.4) is 0 Å². The van der Waals surface area contributed by atoms with Crippen molar-refractivity contribution < 1.29 is 19.2 Å². The molecule has 5 amide bonds. The molecular weight excluding hydrogens is 416 g/mol. The van der Waals surface area contributed by atoms with Crippen molar-refractivity contribution in [3.63, 3.8) is 0 Å². The van der Waals surface area contributed by atoms with Crippen LogP contribution in [0.4, 0.5) is 9.80 Å². The first-order valence-corrected chi connectivity index (χ1v) is 11.0. The lowest BCUT2D eigenvalue weighted by molar-refractivity contribution is -0.134. The molecule has 0 bridgehead atoms. The molecule has 1 fully saturated rings. The molecule has 0 radical (unpaired) electrons. The Hall–Kier alpha value is -3.20. The third-order valence-electron chi connectivity index (χ3n) is 5.97. The number of fused-ring (bicyclic) bond motifs is 1. The summed E-state index contributed by atoms with van der Waals surface area (Å²) >= 11 is 1.33. The number of hydrogen-bond donors (Lipinski definition) is 3. The Labute approximate surface area is 183 Å². The van der Waals surface area contributed by atoms with Crippen molar-refractivity contribution >= 4 is 40.1 Å². The van der Waals surface area contributed by atoms with Crippen LogP contribution in [0.15, 0.2) is 24.3 Å². The number of nitrogens with one attached hydrogen (secondary N) is 2. The number of thiophene rings is 1. The maximum Gasteiger partial charge on any atom is 0.325 e. The Balaban J connectivity index is 1.54. The minimum Gasteiger partial charge on any atom is -0.365 e. The van der Waals surface area contributed by atoms with Crippen molar-refractivity contribution in [2.75, 3.05) is 11.9 Å². The molecule has 1 saturated heterocycles. The Kier molecular flexibility index (Phi) is 5.30. The zero-order valence-corrected chi connectivity index (χ0v) is 18.2. The summed E-state index contributed by atoms with van der Waals surface area (Å²) in [5.74, 6) is -1.61. The lowest BCUT2D eigenvalue weighted by atomic mass is 9.87. The van der Waals surface area contributed by atoms with Gasteiger partial charge in [-0.15, -0.1) is 11.3 Å². The van der Waals surface area contributed by atoms with Crippen LogP contribution in [0.2, 0.25) is 0 Å². The minimum atomic E-state index is -1.20. The third kappa shape index (κ3) is 3.48. The van der Waals surface area contributed by atoms with Crippen LogP contribution in [-0.2, 0) is 28.0 Å². The van der Waals surface area contributed by atoms with Crippen molar-refractivity contribution in [2.45, 2.75) is 45.1 Å². The van der Waals surface area contributed by atoms with E-state index in [0.29, 0.717) is 22.5 Å². The molecule has 31 heavy (non-hydrogen) atoms. The van der Waals surface area contributed by atoms with E-state index < -0.39 is 35.8 Å². The molecule has 9 heteroatoms. The number of rotatable bonds is 6. The second-order valence-corrected chi connectivity index (χ2v) is 9.03. The van der Waals surface area contributed by atoms with Crippen LogP contribution >= 0.6 is 11.3 Å². The molecule has 0 saturated carbocycles. The first kappa shape index (κ1) is 21.0. The van der Waals surface area contributed by atoms with E-state index >= 15 is 0 Å². The summed E-state index contributed by atoms with van der Waals surface area (Å²) in [6.07, 6.45) is 2.90. The van der Waals surface area contributed by atoms with Crippen molar-refractivity contribution in [2.24, 2.45) is 5.73 Å². The molecule has 2 aliphatic rings. The summed E-state index contributed by atoms with van der Waals surface area (Å²) in [6.45, 7) is 3.31. The first-order chi connectivity index (χ1) is 14.8. The maximum atomic E-state index is 13.2. The molecular formula is C22H24N4O4S. The molecule has 4 rings (SSSR count). The van der Waals surface area contributed by atoms with Crippen LogP contribution < -0.4 is 16.4 Å². The van der Waals surface area contributed by atoms with Crippen molar-refractivity contribution in [3.8, 4) is 0 Å². The highest BCUT2D eigenvalue weighted by molar-refractivity contribution is 7.17. The summed E-state index contributed by atoms with van der Waals surface area (Å²) < 4.78 is 0. The average Bonchev–Trinajstić information content (AvgIpc) is 3.36. The van der Waals surface area contributed by atoms with Gasteiger partial charge in [-0.1, -0.05) is 36.8 Å². The number of nitrogens with zero attached hydrogens (tertiary/aromatic N) is 1. The molecule has 162 valence electrons. The molecule has 1 aliphatic heterocycles. The molecule has 4 N–H and O–H groups in total. The predicted octanol–water partition coefficient (Wildman–Crippen LogP) is 2.44. The van der Waals surface area contributed by atoms with E-state index in [-0.39, 0.29) is 0 Å². The SMILES string of the molecule is CC[C@@]1(c2ccc(C)cc2)NC(=O)N(CC(=O)Nc2sc3c(c2C(N)=O)CCC3)C1=O. The topological polar surface area (TPSA) is 122 Å². The van der Waals surface area contributed by atoms with Crippen LogP contribution in [0.25, 0.3) is 0 Å². The number of nitrogens with two attached hydrogens (primary N) is 1. The van der Waals surface area contributed by atoms with Gasteiger partial charge in [0.25, 0.3) is 11.8 Å². The Morgan fingerprint density at radius 2 is 1.94 bits per heavy atom. The van der Waals surface area contributed by atoms with E-state index in [1.54, 1.807) is 0 Å². The predicted molar refractivity (Wildman–Crippen MR) is 117 cm³/mol. The largest absolute Gasteiger partial charge is 0.365 e. The fourth-order valence-electron chi connectivity index (χ4n) is 4.31. The van der Waals surface area contributed by atoms with Crippen LogP contribution in [0.5, 0.6) is 0 Å². The van der Waals surface area contributed by atoms with E-state index in [1.165, 1.54) is 11.3 Å². The number of aryl methyl sites for hydroxylation is 2. The Bertz CT molecular complexity index is 1090.